The fourth-order valence-electron chi connectivity index (χ4n) is 3.90. The number of anilines is 3. The van der Waals surface area contributed by atoms with Gasteiger partial charge in [-0.2, -0.15) is 0 Å². The van der Waals surface area contributed by atoms with E-state index in [1.165, 1.54) is 0 Å². The molecular formula is C27H34N4O3. The summed E-state index contributed by atoms with van der Waals surface area (Å²) in [5.74, 6) is -0.159. The van der Waals surface area contributed by atoms with Crippen LogP contribution >= 0.6 is 0 Å². The summed E-state index contributed by atoms with van der Waals surface area (Å²) in [6.07, 6.45) is 1.70. The molecule has 0 aliphatic heterocycles. The summed E-state index contributed by atoms with van der Waals surface area (Å²) in [4.78, 5) is 26.8. The molecule has 0 radical (unpaired) electrons. The first-order valence-corrected chi connectivity index (χ1v) is 11.6. The highest BCUT2D eigenvalue weighted by atomic mass is 16.4. The lowest BCUT2D eigenvalue weighted by Crippen LogP contribution is -2.32. The van der Waals surface area contributed by atoms with E-state index in [1.54, 1.807) is 22.9 Å². The highest BCUT2D eigenvalue weighted by Crippen LogP contribution is 2.31. The molecule has 0 aliphatic carbocycles. The number of benzene rings is 2. The number of rotatable bonds is 9. The zero-order valence-corrected chi connectivity index (χ0v) is 20.5. The second kappa shape index (κ2) is 10.9. The standard InChI is InChI=1S/C27H34N4O3/c1-18(2)16-30(17-19(3)4)24-13-12-22(31-14-6-7-25(31)26(32)33)15-23(24)29-27(34)28-21-10-8-20(5)9-11-21/h6-15,18-19H,16-17H2,1-5H3,(H,32,33)(H2,28,29,34). The third-order valence-corrected chi connectivity index (χ3v) is 5.30. The molecule has 2 amide bonds. The van der Waals surface area contributed by atoms with E-state index >= 15 is 0 Å². The number of carboxylic acid groups (broad SMARTS) is 1. The summed E-state index contributed by atoms with van der Waals surface area (Å²) >= 11 is 0. The number of carboxylic acids is 1. The maximum Gasteiger partial charge on any atom is 0.352 e. The van der Waals surface area contributed by atoms with Crippen molar-refractivity contribution in [1.29, 1.82) is 0 Å². The van der Waals surface area contributed by atoms with Gasteiger partial charge in [0.25, 0.3) is 0 Å². The highest BCUT2D eigenvalue weighted by molar-refractivity contribution is 6.02. The first-order valence-electron chi connectivity index (χ1n) is 11.6. The topological polar surface area (TPSA) is 86.6 Å². The molecular weight excluding hydrogens is 428 g/mol. The molecule has 3 rings (SSSR count). The summed E-state index contributed by atoms with van der Waals surface area (Å²) in [7, 11) is 0. The van der Waals surface area contributed by atoms with Crippen LogP contribution in [-0.4, -0.2) is 34.8 Å². The molecule has 0 fully saturated rings. The molecule has 3 aromatic rings. The first kappa shape index (κ1) is 24.9. The van der Waals surface area contributed by atoms with Gasteiger partial charge in [-0.1, -0.05) is 45.4 Å². The number of nitrogens with zero attached hydrogens (tertiary/aromatic N) is 2. The van der Waals surface area contributed by atoms with Crippen LogP contribution in [0, 0.1) is 18.8 Å². The third-order valence-electron chi connectivity index (χ3n) is 5.30. The van der Waals surface area contributed by atoms with Gasteiger partial charge in [0, 0.05) is 30.7 Å². The Hall–Kier alpha value is -3.74. The molecule has 0 atom stereocenters. The Morgan fingerprint density at radius 1 is 0.941 bits per heavy atom. The Morgan fingerprint density at radius 3 is 2.18 bits per heavy atom. The van der Waals surface area contributed by atoms with Crippen LogP contribution in [-0.2, 0) is 0 Å². The summed E-state index contributed by atoms with van der Waals surface area (Å²) < 4.78 is 1.60. The largest absolute Gasteiger partial charge is 0.477 e. The summed E-state index contributed by atoms with van der Waals surface area (Å²) in [6, 6.07) is 16.1. The van der Waals surface area contributed by atoms with Crippen LogP contribution in [0.3, 0.4) is 0 Å². The van der Waals surface area contributed by atoms with Crippen LogP contribution in [0.5, 0.6) is 0 Å². The van der Waals surface area contributed by atoms with Gasteiger partial charge in [-0.05, 0) is 61.2 Å². The van der Waals surface area contributed by atoms with Gasteiger partial charge in [0.2, 0.25) is 0 Å². The van der Waals surface area contributed by atoms with E-state index in [4.69, 9.17) is 0 Å². The molecule has 0 spiro atoms. The summed E-state index contributed by atoms with van der Waals surface area (Å²) in [5, 5.41) is 15.4. The molecule has 7 heteroatoms. The van der Waals surface area contributed by atoms with Crippen LogP contribution in [0.1, 0.15) is 43.7 Å². The van der Waals surface area contributed by atoms with Gasteiger partial charge < -0.3 is 25.2 Å². The van der Waals surface area contributed by atoms with Crippen molar-refractivity contribution in [2.45, 2.75) is 34.6 Å². The van der Waals surface area contributed by atoms with E-state index < -0.39 is 5.97 Å². The van der Waals surface area contributed by atoms with E-state index in [0.717, 1.165) is 24.3 Å². The van der Waals surface area contributed by atoms with E-state index in [0.29, 0.717) is 28.9 Å². The number of hydrogen-bond donors (Lipinski definition) is 3. The van der Waals surface area contributed by atoms with Gasteiger partial charge in [-0.3, -0.25) is 0 Å². The quantitative estimate of drug-likeness (QED) is 0.351. The molecule has 34 heavy (non-hydrogen) atoms. The Labute approximate surface area is 201 Å². The normalized spacial score (nSPS) is 11.0. The van der Waals surface area contributed by atoms with Crippen molar-refractivity contribution in [1.82, 2.24) is 4.57 Å². The van der Waals surface area contributed by atoms with Gasteiger partial charge in [0.1, 0.15) is 5.69 Å². The van der Waals surface area contributed by atoms with Crippen LogP contribution < -0.4 is 15.5 Å². The molecule has 2 aromatic carbocycles. The van der Waals surface area contributed by atoms with Crippen molar-refractivity contribution in [2.75, 3.05) is 28.6 Å². The number of hydrogen-bond acceptors (Lipinski definition) is 3. The van der Waals surface area contributed by atoms with Crippen molar-refractivity contribution >= 4 is 29.1 Å². The Bertz CT molecular complexity index is 1120. The molecule has 0 saturated carbocycles. The third kappa shape index (κ3) is 6.41. The van der Waals surface area contributed by atoms with Crippen molar-refractivity contribution in [3.63, 3.8) is 0 Å². The number of urea groups is 1. The van der Waals surface area contributed by atoms with Gasteiger partial charge in [-0.15, -0.1) is 0 Å². The molecule has 0 bridgehead atoms. The van der Waals surface area contributed by atoms with Crippen molar-refractivity contribution < 1.29 is 14.7 Å². The first-order chi connectivity index (χ1) is 16.1. The molecule has 180 valence electrons. The zero-order chi connectivity index (χ0) is 24.8. The SMILES string of the molecule is Cc1ccc(NC(=O)Nc2cc(-n3cccc3C(=O)O)ccc2N(CC(C)C)CC(C)C)cc1. The second-order valence-electron chi connectivity index (χ2n) is 9.41. The van der Waals surface area contributed by atoms with Gasteiger partial charge >= 0.3 is 12.0 Å². The summed E-state index contributed by atoms with van der Waals surface area (Å²) in [6.45, 7) is 12.3. The summed E-state index contributed by atoms with van der Waals surface area (Å²) in [5.41, 5.74) is 4.14. The number of carbonyl (C=O) groups excluding carboxylic acids is 1. The Morgan fingerprint density at radius 2 is 1.59 bits per heavy atom. The Balaban J connectivity index is 2.00. The molecule has 3 N–H and O–H groups in total. The van der Waals surface area contributed by atoms with Crippen LogP contribution in [0.2, 0.25) is 0 Å². The number of aromatic carboxylic acids is 1. The van der Waals surface area contributed by atoms with Gasteiger partial charge in [0.05, 0.1) is 11.4 Å². The number of aryl methyl sites for hydroxylation is 1. The average molecular weight is 463 g/mol. The number of nitrogens with one attached hydrogen (secondary N) is 2. The molecule has 1 aromatic heterocycles. The van der Waals surface area contributed by atoms with Crippen LogP contribution in [0.15, 0.2) is 60.8 Å². The van der Waals surface area contributed by atoms with Crippen LogP contribution in [0.4, 0.5) is 21.9 Å². The molecule has 0 aliphatic rings. The lowest BCUT2D eigenvalue weighted by molar-refractivity contribution is 0.0688. The number of amides is 2. The predicted molar refractivity (Wildman–Crippen MR) is 138 cm³/mol. The number of carbonyl (C=O) groups is 2. The predicted octanol–water partition coefficient (Wildman–Crippen LogP) is 6.25. The second-order valence-corrected chi connectivity index (χ2v) is 9.41. The fraction of sp³-hybridized carbons (Fsp3) is 0.333. The van der Waals surface area contributed by atoms with Crippen molar-refractivity contribution in [3.8, 4) is 5.69 Å². The lowest BCUT2D eigenvalue weighted by atomic mass is 10.1. The maximum atomic E-state index is 12.9. The highest BCUT2D eigenvalue weighted by Gasteiger charge is 2.18. The van der Waals surface area contributed by atoms with Gasteiger partial charge in [-0.25, -0.2) is 9.59 Å². The fourth-order valence-corrected chi connectivity index (χ4v) is 3.90. The molecule has 0 unspecified atom stereocenters. The van der Waals surface area contributed by atoms with Gasteiger partial charge in [0.15, 0.2) is 0 Å². The minimum Gasteiger partial charge on any atom is -0.477 e. The maximum absolute atomic E-state index is 12.9. The molecule has 1 heterocycles. The monoisotopic (exact) mass is 462 g/mol. The van der Waals surface area contributed by atoms with E-state index in [1.807, 2.05) is 49.4 Å². The van der Waals surface area contributed by atoms with Crippen molar-refractivity contribution in [2.24, 2.45) is 11.8 Å². The molecule has 7 nitrogen and oxygen atoms in total. The minimum atomic E-state index is -1.01. The average Bonchev–Trinajstić information content (AvgIpc) is 3.24. The smallest absolute Gasteiger partial charge is 0.352 e. The van der Waals surface area contributed by atoms with Crippen LogP contribution in [0.25, 0.3) is 5.69 Å². The Kier molecular flexibility index (Phi) is 7.99. The zero-order valence-electron chi connectivity index (χ0n) is 20.5. The number of aromatic nitrogens is 1. The van der Waals surface area contributed by atoms with Crippen molar-refractivity contribution in [3.05, 3.63) is 72.1 Å². The lowest BCUT2D eigenvalue weighted by Gasteiger charge is -2.31. The minimum absolute atomic E-state index is 0.157. The van der Waals surface area contributed by atoms with E-state index in [2.05, 4.69) is 43.2 Å². The van der Waals surface area contributed by atoms with E-state index in [9.17, 15) is 14.7 Å². The van der Waals surface area contributed by atoms with E-state index in [-0.39, 0.29) is 11.7 Å². The molecule has 0 saturated heterocycles.